The maximum atomic E-state index is 8.83. The van der Waals surface area contributed by atoms with Crippen molar-refractivity contribution < 1.29 is 7.95 Å². The van der Waals surface area contributed by atoms with Gasteiger partial charge in [0.05, 0.1) is 0 Å². The van der Waals surface area contributed by atoms with E-state index < -0.39 is 14.8 Å². The number of hydrogen-bond acceptors (Lipinski definition) is 2. The van der Waals surface area contributed by atoms with Gasteiger partial charge < -0.3 is 7.95 Å². The van der Waals surface area contributed by atoms with E-state index in [1.54, 1.807) is 0 Å². The second kappa shape index (κ2) is 4.83. The smallest absolute Gasteiger partial charge is 0.493 e. The Morgan fingerprint density at radius 1 is 1.38 bits per heavy atom. The molecule has 2 nitrogen and oxygen atoms in total. The van der Waals surface area contributed by atoms with Crippen LogP contribution in [-0.2, 0) is 3.79 Å². The average Bonchev–Trinajstić information content (AvgIpc) is 1.69. The molecule has 1 N–H and O–H groups in total. The molecule has 0 saturated carbocycles. The van der Waals surface area contributed by atoms with Crippen LogP contribution in [0.3, 0.4) is 0 Å². The predicted octanol–water partition coefficient (Wildman–Crippen LogP) is -0.907. The van der Waals surface area contributed by atoms with Gasteiger partial charge in [-0.3, -0.25) is 0 Å². The maximum Gasteiger partial charge on any atom is 0.672 e. The van der Waals surface area contributed by atoms with E-state index in [0.29, 0.717) is 0 Å². The summed E-state index contributed by atoms with van der Waals surface area (Å²) in [5.74, 6) is 0. The van der Waals surface area contributed by atoms with Crippen LogP contribution in [0.25, 0.3) is 0 Å². The van der Waals surface area contributed by atoms with Crippen molar-refractivity contribution >= 4 is 32.2 Å². The highest BCUT2D eigenvalue weighted by molar-refractivity contribution is 6.42. The summed E-state index contributed by atoms with van der Waals surface area (Å²) in [6.07, 6.45) is 2.32. The molecule has 0 aromatic heterocycles. The minimum absolute atomic E-state index is 0. The van der Waals surface area contributed by atoms with Crippen LogP contribution in [0.5, 0.6) is 0 Å². The molecular formula is C4H12Al2O2. The highest BCUT2D eigenvalue weighted by atomic mass is 27.2. The van der Waals surface area contributed by atoms with E-state index in [0.717, 1.165) is 18.3 Å². The summed E-state index contributed by atoms with van der Waals surface area (Å²) < 4.78 is 13.8. The first-order chi connectivity index (χ1) is 3.39. The van der Waals surface area contributed by atoms with Gasteiger partial charge in [0.1, 0.15) is 0 Å². The highest BCUT2D eigenvalue weighted by Crippen LogP contribution is 2.07. The topological polar surface area (TPSA) is 29.5 Å². The molecule has 1 saturated heterocycles. The van der Waals surface area contributed by atoms with Crippen molar-refractivity contribution in [1.29, 1.82) is 0 Å². The first-order valence-corrected chi connectivity index (χ1v) is 4.50. The predicted molar refractivity (Wildman–Crippen MR) is 37.9 cm³/mol. The Balaban J connectivity index is 0.000000490. The van der Waals surface area contributed by atoms with Crippen LogP contribution in [0.15, 0.2) is 0 Å². The fraction of sp³-hybridized carbons (Fsp3) is 1.00. The molecule has 0 atom stereocenters. The van der Waals surface area contributed by atoms with Crippen LogP contribution in [0, 0.1) is 0 Å². The Bertz CT molecular complexity index is 54.0. The molecule has 0 aromatic rings. The van der Waals surface area contributed by atoms with Crippen molar-refractivity contribution in [2.45, 2.75) is 18.1 Å². The first kappa shape index (κ1) is 8.98. The molecule has 0 radical (unpaired) electrons. The summed E-state index contributed by atoms with van der Waals surface area (Å²) in [6.45, 7) is 0.799. The molecule has 4 heteroatoms. The van der Waals surface area contributed by atoms with Crippen molar-refractivity contribution in [3.05, 3.63) is 0 Å². The molecule has 0 bridgehead atoms. The third kappa shape index (κ3) is 3.10. The van der Waals surface area contributed by atoms with E-state index in [2.05, 4.69) is 0 Å². The fourth-order valence-corrected chi connectivity index (χ4v) is 1.97. The summed E-state index contributed by atoms with van der Waals surface area (Å²) >= 11 is -1.59. The second-order valence-electron chi connectivity index (χ2n) is 1.82. The standard InChI is InChI=1S/C4H8O.2Al.H2O.3H/c1-2-3-4-5;;;;;;/h1-4H2;;;1H2;;;/q-1;;+2;;;;/p-1. The van der Waals surface area contributed by atoms with Crippen molar-refractivity contribution in [2.24, 2.45) is 0 Å². The summed E-state index contributed by atoms with van der Waals surface area (Å²) in [5.41, 5.74) is 0. The largest absolute Gasteiger partial charge is 0.672 e. The third-order valence-electron chi connectivity index (χ3n) is 1.16. The number of rotatable bonds is 0. The van der Waals surface area contributed by atoms with Crippen molar-refractivity contribution in [3.8, 4) is 0 Å². The summed E-state index contributed by atoms with van der Waals surface area (Å²) in [5, 5.41) is 0.958. The maximum absolute atomic E-state index is 8.83. The lowest BCUT2D eigenvalue weighted by Crippen LogP contribution is -2.22. The van der Waals surface area contributed by atoms with E-state index in [4.69, 9.17) is 7.95 Å². The molecule has 8 heavy (non-hydrogen) atoms. The zero-order chi connectivity index (χ0) is 5.11. The second-order valence-corrected chi connectivity index (χ2v) is 3.64. The molecule has 0 unspecified atom stereocenters. The number of hydrogen-bond donors (Lipinski definition) is 1. The van der Waals surface area contributed by atoms with Crippen molar-refractivity contribution in [1.82, 2.24) is 0 Å². The van der Waals surface area contributed by atoms with E-state index in [9.17, 15) is 0 Å². The van der Waals surface area contributed by atoms with Gasteiger partial charge in [0.2, 0.25) is 0 Å². The lowest BCUT2D eigenvalue weighted by atomic mass is 10.4. The molecule has 0 aromatic carbocycles. The minimum atomic E-state index is -1.59. The minimum Gasteiger partial charge on any atom is -0.493 e. The Hall–Kier alpha value is 0.985. The summed E-state index contributed by atoms with van der Waals surface area (Å²) in [6, 6.07) is 0. The molecule has 0 amide bonds. The summed E-state index contributed by atoms with van der Waals surface area (Å²) in [7, 11) is 0. The molecule has 1 heterocycles. The van der Waals surface area contributed by atoms with Gasteiger partial charge in [0.25, 0.3) is 0 Å². The SMILES string of the molecule is [AlH3].[OH][Al]1[CH2]CCC[O]1. The third-order valence-corrected chi connectivity index (χ3v) is 2.68. The van der Waals surface area contributed by atoms with Crippen LogP contribution < -0.4 is 0 Å². The molecule has 1 aliphatic heterocycles. The fourth-order valence-electron chi connectivity index (χ4n) is 0.724. The normalized spacial score (nSPS) is 19.9. The van der Waals surface area contributed by atoms with Crippen molar-refractivity contribution in [2.75, 3.05) is 6.61 Å². The van der Waals surface area contributed by atoms with Gasteiger partial charge in [0, 0.05) is 6.61 Å². The van der Waals surface area contributed by atoms with E-state index in [1.807, 2.05) is 0 Å². The Labute approximate surface area is 65.0 Å². The lowest BCUT2D eigenvalue weighted by Gasteiger charge is -2.11. The lowest BCUT2D eigenvalue weighted by molar-refractivity contribution is 0.231. The Morgan fingerprint density at radius 2 is 2.12 bits per heavy atom. The van der Waals surface area contributed by atoms with Gasteiger partial charge in [-0.05, 0) is 11.7 Å². The molecule has 46 valence electrons. The van der Waals surface area contributed by atoms with Gasteiger partial charge in [-0.1, -0.05) is 6.42 Å². The van der Waals surface area contributed by atoms with E-state index in [1.165, 1.54) is 6.42 Å². The van der Waals surface area contributed by atoms with Crippen LogP contribution in [0.1, 0.15) is 12.8 Å². The summed E-state index contributed by atoms with van der Waals surface area (Å²) in [4.78, 5) is 0. The van der Waals surface area contributed by atoms with E-state index >= 15 is 0 Å². The monoisotopic (exact) mass is 146 g/mol. The Kier molecular flexibility index (Phi) is 5.42. The van der Waals surface area contributed by atoms with Gasteiger partial charge in [-0.15, -0.1) is 0 Å². The molecule has 1 rings (SSSR count). The molecule has 1 fully saturated rings. The zero-order valence-corrected chi connectivity index (χ0v) is 5.42. The van der Waals surface area contributed by atoms with Gasteiger partial charge in [-0.2, -0.15) is 0 Å². The van der Waals surface area contributed by atoms with Gasteiger partial charge >= 0.3 is 14.8 Å². The molecule has 0 aliphatic carbocycles. The first-order valence-electron chi connectivity index (χ1n) is 2.69. The molecule has 1 aliphatic rings. The highest BCUT2D eigenvalue weighted by Gasteiger charge is 2.22. The van der Waals surface area contributed by atoms with Crippen LogP contribution in [0.2, 0.25) is 5.28 Å². The van der Waals surface area contributed by atoms with Crippen LogP contribution in [-0.4, -0.2) is 42.9 Å². The Morgan fingerprint density at radius 3 is 2.38 bits per heavy atom. The van der Waals surface area contributed by atoms with Crippen LogP contribution >= 0.6 is 0 Å². The van der Waals surface area contributed by atoms with Gasteiger partial charge in [0.15, 0.2) is 17.4 Å². The van der Waals surface area contributed by atoms with Crippen molar-refractivity contribution in [3.63, 3.8) is 0 Å². The zero-order valence-electron chi connectivity index (χ0n) is 4.26. The van der Waals surface area contributed by atoms with E-state index in [-0.39, 0.29) is 17.4 Å². The van der Waals surface area contributed by atoms with Crippen LogP contribution in [0.4, 0.5) is 0 Å². The van der Waals surface area contributed by atoms with Gasteiger partial charge in [-0.25, -0.2) is 0 Å². The average molecular weight is 146 g/mol. The molecule has 0 spiro atoms. The quantitative estimate of drug-likeness (QED) is 0.448. The molecular weight excluding hydrogens is 134 g/mol.